The topological polar surface area (TPSA) is 106 Å². The molecule has 0 spiro atoms. The number of aryl methyl sites for hydroxylation is 1. The van der Waals surface area contributed by atoms with Crippen molar-refractivity contribution in [2.75, 3.05) is 18.4 Å². The number of likely N-dealkylation sites (tertiary alicyclic amines) is 1. The third-order valence-corrected chi connectivity index (χ3v) is 7.37. The molecule has 37 heavy (non-hydrogen) atoms. The molecular formula is C29H28ClN3O4. The number of aliphatic hydroxyl groups is 3. The predicted molar refractivity (Wildman–Crippen MR) is 143 cm³/mol. The van der Waals surface area contributed by atoms with E-state index in [4.69, 9.17) is 11.6 Å². The number of hydrogen-bond acceptors (Lipinski definition) is 6. The van der Waals surface area contributed by atoms with E-state index in [0.717, 1.165) is 5.39 Å². The molecule has 0 unspecified atom stereocenters. The van der Waals surface area contributed by atoms with Crippen molar-refractivity contribution in [1.29, 1.82) is 0 Å². The number of aromatic nitrogens is 1. The number of fused-ring (bicyclic) bond motifs is 1. The highest BCUT2D eigenvalue weighted by molar-refractivity contribution is 6.31. The lowest BCUT2D eigenvalue weighted by molar-refractivity contribution is -0.142. The fourth-order valence-corrected chi connectivity index (χ4v) is 5.31. The van der Waals surface area contributed by atoms with Crippen LogP contribution in [0, 0.1) is 6.92 Å². The van der Waals surface area contributed by atoms with Crippen molar-refractivity contribution in [3.8, 4) is 0 Å². The van der Waals surface area contributed by atoms with Gasteiger partial charge in [0.15, 0.2) is 0 Å². The molecule has 5 rings (SSSR count). The van der Waals surface area contributed by atoms with E-state index in [2.05, 4.69) is 10.3 Å². The first-order valence-corrected chi connectivity index (χ1v) is 12.5. The summed E-state index contributed by atoms with van der Waals surface area (Å²) in [6, 6.07) is 21.1. The zero-order valence-electron chi connectivity index (χ0n) is 20.4. The molecule has 0 atom stereocenters. The third kappa shape index (κ3) is 4.91. The monoisotopic (exact) mass is 517 g/mol. The molecule has 2 heterocycles. The first-order valence-electron chi connectivity index (χ1n) is 12.1. The highest BCUT2D eigenvalue weighted by Crippen LogP contribution is 2.37. The molecule has 0 bridgehead atoms. The summed E-state index contributed by atoms with van der Waals surface area (Å²) in [5, 5.41) is 37.0. The van der Waals surface area contributed by atoms with Crippen LogP contribution in [-0.2, 0) is 11.5 Å². The van der Waals surface area contributed by atoms with E-state index in [0.29, 0.717) is 58.8 Å². The molecule has 7 nitrogen and oxygen atoms in total. The molecule has 1 saturated heterocycles. The number of halogens is 1. The molecule has 4 N–H and O–H groups in total. The van der Waals surface area contributed by atoms with Gasteiger partial charge in [0, 0.05) is 46.5 Å². The normalized spacial score (nSPS) is 15.5. The standard InChI is InChI=1S/C29H28ClN3O4/c1-19-18-21(32-29(36,37)24-9-4-6-20-7-5-15-31-26(20)24)11-12-22(19)27(34)33-16-13-28(35,14-17-33)23-8-2-3-10-25(23)30/h2-12,15,18,32,35-37H,13-14,16-17H2,1H3. The van der Waals surface area contributed by atoms with Crippen LogP contribution in [0.2, 0.25) is 5.02 Å². The summed E-state index contributed by atoms with van der Waals surface area (Å²) in [6.07, 6.45) is 2.37. The van der Waals surface area contributed by atoms with Crippen LogP contribution >= 0.6 is 11.6 Å². The lowest BCUT2D eigenvalue weighted by Crippen LogP contribution is -2.45. The Bertz CT molecular complexity index is 1460. The zero-order chi connectivity index (χ0) is 26.2. The minimum atomic E-state index is -2.37. The minimum absolute atomic E-state index is 0.136. The Hall–Kier alpha value is -3.49. The van der Waals surface area contributed by atoms with Gasteiger partial charge in [0.25, 0.3) is 11.8 Å². The summed E-state index contributed by atoms with van der Waals surface area (Å²) >= 11 is 6.31. The molecule has 3 aromatic carbocycles. The summed E-state index contributed by atoms with van der Waals surface area (Å²) in [4.78, 5) is 19.3. The van der Waals surface area contributed by atoms with Gasteiger partial charge in [-0.25, -0.2) is 0 Å². The van der Waals surface area contributed by atoms with Crippen molar-refractivity contribution in [1.82, 2.24) is 9.88 Å². The second kappa shape index (κ2) is 9.76. The molecule has 1 aromatic heterocycles. The van der Waals surface area contributed by atoms with E-state index in [9.17, 15) is 20.1 Å². The summed E-state index contributed by atoms with van der Waals surface area (Å²) in [5.41, 5.74) is 1.97. The molecule has 0 aliphatic carbocycles. The van der Waals surface area contributed by atoms with Crippen LogP contribution < -0.4 is 5.32 Å². The largest absolute Gasteiger partial charge is 0.385 e. The van der Waals surface area contributed by atoms with E-state index >= 15 is 0 Å². The first kappa shape index (κ1) is 25.2. The van der Waals surface area contributed by atoms with Gasteiger partial charge in [-0.05, 0) is 61.7 Å². The number of rotatable bonds is 5. The van der Waals surface area contributed by atoms with E-state index < -0.39 is 11.5 Å². The Balaban J connectivity index is 1.30. The van der Waals surface area contributed by atoms with Crippen molar-refractivity contribution in [3.05, 3.63) is 106 Å². The Morgan fingerprint density at radius 2 is 1.76 bits per heavy atom. The summed E-state index contributed by atoms with van der Waals surface area (Å²) in [7, 11) is 0. The van der Waals surface area contributed by atoms with Gasteiger partial charge >= 0.3 is 0 Å². The Kier molecular flexibility index (Phi) is 6.64. The molecule has 1 aliphatic rings. The Morgan fingerprint density at radius 3 is 2.49 bits per heavy atom. The third-order valence-electron chi connectivity index (χ3n) is 7.04. The minimum Gasteiger partial charge on any atom is -0.385 e. The van der Waals surface area contributed by atoms with Gasteiger partial charge in [-0.1, -0.05) is 48.0 Å². The van der Waals surface area contributed by atoms with Gasteiger partial charge < -0.3 is 25.5 Å². The number of nitrogens with one attached hydrogen (secondary N) is 1. The van der Waals surface area contributed by atoms with Crippen molar-refractivity contribution in [2.24, 2.45) is 0 Å². The highest BCUT2D eigenvalue weighted by atomic mass is 35.5. The van der Waals surface area contributed by atoms with Crippen LogP contribution in [-0.4, -0.2) is 44.2 Å². The maximum atomic E-state index is 13.3. The molecule has 190 valence electrons. The average molecular weight is 518 g/mol. The molecule has 1 aliphatic heterocycles. The van der Waals surface area contributed by atoms with E-state index in [-0.39, 0.29) is 11.5 Å². The number of anilines is 1. The van der Waals surface area contributed by atoms with Gasteiger partial charge in [0.2, 0.25) is 0 Å². The summed E-state index contributed by atoms with van der Waals surface area (Å²) in [5.74, 6) is -2.51. The predicted octanol–water partition coefficient (Wildman–Crippen LogP) is 4.53. The smallest absolute Gasteiger partial charge is 0.274 e. The lowest BCUT2D eigenvalue weighted by Gasteiger charge is -2.39. The van der Waals surface area contributed by atoms with Crippen LogP contribution in [0.3, 0.4) is 0 Å². The van der Waals surface area contributed by atoms with Crippen LogP contribution in [0.4, 0.5) is 5.69 Å². The van der Waals surface area contributed by atoms with Crippen molar-refractivity contribution >= 4 is 34.1 Å². The molecule has 0 radical (unpaired) electrons. The number of para-hydroxylation sites is 1. The van der Waals surface area contributed by atoms with E-state index in [1.54, 1.807) is 60.5 Å². The number of hydrogen-bond donors (Lipinski definition) is 4. The first-order chi connectivity index (χ1) is 17.7. The number of amides is 1. The average Bonchev–Trinajstić information content (AvgIpc) is 2.88. The maximum Gasteiger partial charge on any atom is 0.274 e. The second-order valence-electron chi connectivity index (χ2n) is 9.51. The molecule has 1 fully saturated rings. The van der Waals surface area contributed by atoms with Crippen LogP contribution in [0.25, 0.3) is 10.9 Å². The second-order valence-corrected chi connectivity index (χ2v) is 9.92. The van der Waals surface area contributed by atoms with Crippen molar-refractivity contribution < 1.29 is 20.1 Å². The number of piperidine rings is 1. The summed E-state index contributed by atoms with van der Waals surface area (Å²) < 4.78 is 0. The number of benzene rings is 3. The Morgan fingerprint density at radius 1 is 1.03 bits per heavy atom. The number of carbonyl (C=O) groups is 1. The zero-order valence-corrected chi connectivity index (χ0v) is 21.1. The molecular weight excluding hydrogens is 490 g/mol. The summed E-state index contributed by atoms with van der Waals surface area (Å²) in [6.45, 7) is 2.59. The lowest BCUT2D eigenvalue weighted by atomic mass is 9.84. The van der Waals surface area contributed by atoms with Gasteiger partial charge in [-0.3, -0.25) is 9.78 Å². The molecule has 4 aromatic rings. The fourth-order valence-electron chi connectivity index (χ4n) is 4.99. The van der Waals surface area contributed by atoms with Crippen molar-refractivity contribution in [3.63, 3.8) is 0 Å². The number of pyridine rings is 1. The molecule has 8 heteroatoms. The SMILES string of the molecule is Cc1cc(NC(O)(O)c2cccc3cccnc23)ccc1C(=O)N1CCC(O)(c2ccccc2Cl)CC1. The van der Waals surface area contributed by atoms with E-state index in [1.807, 2.05) is 30.3 Å². The highest BCUT2D eigenvalue weighted by Gasteiger charge is 2.37. The van der Waals surface area contributed by atoms with Gasteiger partial charge in [0.05, 0.1) is 16.7 Å². The number of nitrogens with zero attached hydrogens (tertiary/aromatic N) is 2. The van der Waals surface area contributed by atoms with Crippen LogP contribution in [0.1, 0.15) is 39.9 Å². The van der Waals surface area contributed by atoms with Crippen LogP contribution in [0.15, 0.2) is 79.0 Å². The van der Waals surface area contributed by atoms with Crippen molar-refractivity contribution in [2.45, 2.75) is 31.3 Å². The maximum absolute atomic E-state index is 13.3. The molecule has 1 amide bonds. The van der Waals surface area contributed by atoms with Gasteiger partial charge in [0.1, 0.15) is 0 Å². The van der Waals surface area contributed by atoms with Crippen LogP contribution in [0.5, 0.6) is 0 Å². The molecule has 0 saturated carbocycles. The van der Waals surface area contributed by atoms with Gasteiger partial charge in [-0.15, -0.1) is 0 Å². The number of carbonyl (C=O) groups excluding carboxylic acids is 1. The quantitative estimate of drug-likeness (QED) is 0.290. The van der Waals surface area contributed by atoms with E-state index in [1.165, 1.54) is 0 Å². The van der Waals surface area contributed by atoms with Gasteiger partial charge in [-0.2, -0.15) is 0 Å². The Labute approximate surface area is 220 Å². The fraction of sp³-hybridized carbons (Fsp3) is 0.241.